The molecule has 0 saturated carbocycles. The molecule has 0 aliphatic carbocycles. The number of hydrogen-bond acceptors (Lipinski definition) is 7. The van der Waals surface area contributed by atoms with Crippen LogP contribution in [0.4, 0.5) is 5.69 Å². The number of rotatable bonds is 13. The van der Waals surface area contributed by atoms with Crippen LogP contribution >= 0.6 is 0 Å². The highest BCUT2D eigenvalue weighted by atomic mass is 16.5. The number of nitroso groups, excluding NO2 is 1. The molecule has 2 saturated heterocycles. The number of hydrogen-bond donors (Lipinski definition) is 2. The average Bonchev–Trinajstić information content (AvgIpc) is 3.18. The number of para-hydroxylation sites is 1. The Hall–Kier alpha value is -5.15. The Morgan fingerprint density at radius 1 is 0.865 bits per heavy atom. The molecule has 266 valence electrons. The number of nitrogens with zero attached hydrogens (tertiary/aromatic N) is 2. The molecule has 52 heavy (non-hydrogen) atoms. The van der Waals surface area contributed by atoms with Crippen molar-refractivity contribution in [3.63, 3.8) is 0 Å². The quantitative estimate of drug-likeness (QED) is 0.0941. The molecule has 5 aromatic rings. The number of β-lactam (4-membered cyclic amide) rings is 1. The van der Waals surface area contributed by atoms with Crippen molar-refractivity contribution in [3.8, 4) is 16.9 Å². The van der Waals surface area contributed by atoms with Crippen LogP contribution in [-0.2, 0) is 16.1 Å². The van der Waals surface area contributed by atoms with Gasteiger partial charge in [-0.2, -0.15) is 4.91 Å². The summed E-state index contributed by atoms with van der Waals surface area (Å²) < 4.78 is 12.7. The fourth-order valence-corrected chi connectivity index (χ4v) is 7.50. The summed E-state index contributed by atoms with van der Waals surface area (Å²) in [5, 5.41) is 23.4. The molecule has 8 nitrogen and oxygen atoms in total. The Balaban J connectivity index is 1.21. The maximum absolute atomic E-state index is 14.0. The monoisotopic (exact) mass is 696 g/mol. The van der Waals surface area contributed by atoms with Gasteiger partial charge in [-0.3, -0.25) is 4.79 Å². The highest BCUT2D eigenvalue weighted by Crippen LogP contribution is 2.49. The second-order valence-electron chi connectivity index (χ2n) is 13.9. The third-order valence-corrected chi connectivity index (χ3v) is 10.4. The molecule has 2 heterocycles. The van der Waals surface area contributed by atoms with E-state index in [-0.39, 0.29) is 36.7 Å². The van der Waals surface area contributed by atoms with Crippen molar-refractivity contribution in [3.05, 3.63) is 160 Å². The van der Waals surface area contributed by atoms with Gasteiger partial charge in [-0.1, -0.05) is 120 Å². The molecule has 0 radical (unpaired) electrons. The predicted octanol–water partition coefficient (Wildman–Crippen LogP) is 8.81. The van der Waals surface area contributed by atoms with Crippen LogP contribution in [0.3, 0.4) is 0 Å². The molecule has 2 fully saturated rings. The minimum atomic E-state index is -0.546. The van der Waals surface area contributed by atoms with Crippen molar-refractivity contribution in [2.24, 2.45) is 11.1 Å². The predicted molar refractivity (Wildman–Crippen MR) is 202 cm³/mol. The molecule has 7 rings (SSSR count). The van der Waals surface area contributed by atoms with E-state index in [1.165, 1.54) is 0 Å². The van der Waals surface area contributed by atoms with Crippen molar-refractivity contribution in [2.45, 2.75) is 69.6 Å². The molecule has 2 aliphatic heterocycles. The minimum absolute atomic E-state index is 0.0110. The molecule has 0 aromatic heterocycles. The number of ether oxygens (including phenoxy) is 2. The van der Waals surface area contributed by atoms with Gasteiger partial charge in [-0.05, 0) is 65.8 Å². The Bertz CT molecular complexity index is 1950. The van der Waals surface area contributed by atoms with E-state index in [9.17, 15) is 19.9 Å². The minimum Gasteiger partial charge on any atom is -0.489 e. The molecule has 5 unspecified atom stereocenters. The van der Waals surface area contributed by atoms with Gasteiger partial charge in [0.2, 0.25) is 5.91 Å². The first-order valence-corrected chi connectivity index (χ1v) is 18.0. The van der Waals surface area contributed by atoms with Crippen molar-refractivity contribution < 1.29 is 24.5 Å². The van der Waals surface area contributed by atoms with Crippen molar-refractivity contribution in [1.29, 1.82) is 0 Å². The molecular weight excluding hydrogens is 652 g/mol. The number of anilines is 1. The fourth-order valence-electron chi connectivity index (χ4n) is 7.50. The summed E-state index contributed by atoms with van der Waals surface area (Å²) >= 11 is 0. The molecular formula is C44H44N2O6. The topological polar surface area (TPSA) is 109 Å². The summed E-state index contributed by atoms with van der Waals surface area (Å²) in [6.07, 6.45) is 0.662. The molecule has 5 aromatic carbocycles. The first-order chi connectivity index (χ1) is 25.4. The lowest BCUT2D eigenvalue weighted by Gasteiger charge is -2.48. The third-order valence-electron chi connectivity index (χ3n) is 10.4. The molecule has 8 heteroatoms. The van der Waals surface area contributed by atoms with Crippen LogP contribution in [0, 0.1) is 17.7 Å². The van der Waals surface area contributed by atoms with Crippen LogP contribution < -0.4 is 9.64 Å². The van der Waals surface area contributed by atoms with Gasteiger partial charge in [0, 0.05) is 24.1 Å². The van der Waals surface area contributed by atoms with Crippen LogP contribution in [-0.4, -0.2) is 34.9 Å². The second-order valence-corrected chi connectivity index (χ2v) is 13.9. The van der Waals surface area contributed by atoms with Crippen LogP contribution in [0.2, 0.25) is 0 Å². The molecule has 0 bridgehead atoms. The lowest BCUT2D eigenvalue weighted by molar-refractivity contribution is -0.130. The highest BCUT2D eigenvalue weighted by molar-refractivity contribution is 6.03. The summed E-state index contributed by atoms with van der Waals surface area (Å²) in [5.41, 5.74) is 7.57. The van der Waals surface area contributed by atoms with Gasteiger partial charge >= 0.3 is 0 Å². The van der Waals surface area contributed by atoms with E-state index in [2.05, 4.69) is 17.3 Å². The van der Waals surface area contributed by atoms with Gasteiger partial charge in [0.05, 0.1) is 36.9 Å². The fraction of sp³-hybridized carbons (Fsp3) is 0.295. The zero-order valence-electron chi connectivity index (χ0n) is 29.3. The number of amides is 1. The van der Waals surface area contributed by atoms with Crippen LogP contribution in [0.15, 0.2) is 133 Å². The summed E-state index contributed by atoms with van der Waals surface area (Å²) in [4.78, 5) is 27.8. The van der Waals surface area contributed by atoms with Gasteiger partial charge < -0.3 is 24.6 Å². The van der Waals surface area contributed by atoms with Crippen LogP contribution in [0.25, 0.3) is 11.1 Å². The number of aliphatic hydroxyl groups is 2. The van der Waals surface area contributed by atoms with Crippen molar-refractivity contribution >= 4 is 11.6 Å². The average molecular weight is 697 g/mol. The van der Waals surface area contributed by atoms with Gasteiger partial charge in [-0.25, -0.2) is 0 Å². The first-order valence-electron chi connectivity index (χ1n) is 18.0. The summed E-state index contributed by atoms with van der Waals surface area (Å²) in [6, 6.07) is 40.9. The van der Waals surface area contributed by atoms with Gasteiger partial charge in [0.1, 0.15) is 18.4 Å². The number of carbonyl (C=O) groups is 1. The smallest absolute Gasteiger partial charge is 0.233 e. The summed E-state index contributed by atoms with van der Waals surface area (Å²) in [7, 11) is 0. The summed E-state index contributed by atoms with van der Waals surface area (Å²) in [6.45, 7) is 2.23. The zero-order chi connectivity index (χ0) is 36.0. The number of benzene rings is 5. The maximum atomic E-state index is 14.0. The Morgan fingerprint density at radius 3 is 2.25 bits per heavy atom. The van der Waals surface area contributed by atoms with Gasteiger partial charge in [0.15, 0.2) is 0 Å². The third kappa shape index (κ3) is 7.70. The number of carbonyl (C=O) groups excluding carboxylic acids is 1. The Morgan fingerprint density at radius 2 is 1.56 bits per heavy atom. The van der Waals surface area contributed by atoms with E-state index < -0.39 is 12.1 Å². The Labute approximate surface area is 304 Å². The normalized spacial score (nSPS) is 22.0. The van der Waals surface area contributed by atoms with Crippen molar-refractivity contribution in [2.75, 3.05) is 11.5 Å². The zero-order valence-corrected chi connectivity index (χ0v) is 29.3. The first kappa shape index (κ1) is 35.3. The molecule has 1 amide bonds. The van der Waals surface area contributed by atoms with E-state index in [4.69, 9.17) is 9.47 Å². The molecule has 6 atom stereocenters. The van der Waals surface area contributed by atoms with E-state index >= 15 is 0 Å². The van der Waals surface area contributed by atoms with Crippen LogP contribution in [0.1, 0.15) is 71.7 Å². The largest absolute Gasteiger partial charge is 0.489 e. The van der Waals surface area contributed by atoms with Crippen molar-refractivity contribution in [1.82, 2.24) is 0 Å². The summed E-state index contributed by atoms with van der Waals surface area (Å²) in [5.74, 6) is 0.326. The van der Waals surface area contributed by atoms with E-state index in [0.717, 1.165) is 44.6 Å². The number of aryl methyl sites for hydroxylation is 1. The van der Waals surface area contributed by atoms with E-state index in [1.54, 1.807) is 0 Å². The lowest BCUT2D eigenvalue weighted by atomic mass is 9.77. The maximum Gasteiger partial charge on any atom is 0.233 e. The van der Waals surface area contributed by atoms with Crippen LogP contribution in [0.5, 0.6) is 5.75 Å². The molecule has 2 aliphatic rings. The molecule has 2 N–H and O–H groups in total. The number of aliphatic hydroxyl groups excluding tert-OH is 2. The Kier molecular flexibility index (Phi) is 10.9. The lowest BCUT2D eigenvalue weighted by Crippen LogP contribution is -2.55. The second kappa shape index (κ2) is 16.0. The van der Waals surface area contributed by atoms with Gasteiger partial charge in [0.25, 0.3) is 0 Å². The highest BCUT2D eigenvalue weighted by Gasteiger charge is 2.49. The molecule has 0 spiro atoms. The SMILES string of the molecule is Cc1ccc(C(CC[C@H]2C(=O)N(c3ccccc3)C2c2ccc(-c3ccc(C4CC(O)CC(CO)O4)cc3)cc2OCc2ccccc2)N=O)cc1. The van der Waals surface area contributed by atoms with E-state index in [0.29, 0.717) is 38.0 Å². The van der Waals surface area contributed by atoms with E-state index in [1.807, 2.05) is 127 Å². The standard InChI is InChI=1S/C44H44N2O6/c1-29-12-14-32(15-13-29)40(45-50)23-22-39-43(46(44(39)49)35-10-6-3-7-11-35)38-21-20-34(24-42(38)51-28-30-8-4-2-5-9-30)31-16-18-33(19-17-31)41-26-36(48)25-37(27-47)52-41/h2-21,24,36-37,39-41,43,47-48H,22-23,25-28H2,1H3/t36?,37?,39-,40?,41?,43?/m1/s1. The van der Waals surface area contributed by atoms with Gasteiger partial charge in [-0.15, -0.1) is 0 Å².